The average molecular weight is 495 g/mol. The van der Waals surface area contributed by atoms with Gasteiger partial charge in [-0.05, 0) is 12.1 Å². The van der Waals surface area contributed by atoms with Gasteiger partial charge in [0.2, 0.25) is 0 Å². The zero-order valence-corrected chi connectivity index (χ0v) is 18.7. The summed E-state index contributed by atoms with van der Waals surface area (Å²) >= 11 is 0. The lowest BCUT2D eigenvalue weighted by Crippen LogP contribution is -2.48. The van der Waals surface area contributed by atoms with Gasteiger partial charge in [-0.3, -0.25) is 9.67 Å². The molecule has 0 amide bonds. The van der Waals surface area contributed by atoms with E-state index in [0.29, 0.717) is 13.2 Å². The molecule has 2 aromatic heterocycles. The molecule has 1 unspecified atom stereocenters. The number of morpholine rings is 1. The van der Waals surface area contributed by atoms with Crippen LogP contribution >= 0.6 is 24.0 Å². The quantitative estimate of drug-likeness (QED) is 0.342. The molecule has 0 saturated carbocycles. The molecule has 1 atom stereocenters. The Morgan fingerprint density at radius 3 is 2.86 bits per heavy atom. The summed E-state index contributed by atoms with van der Waals surface area (Å²) in [5.74, 6) is 1.84. The second-order valence-electron chi connectivity index (χ2n) is 6.73. The number of aromatic nitrogens is 4. The average Bonchev–Trinajstić information content (AvgIpc) is 3.27. The van der Waals surface area contributed by atoms with E-state index in [1.807, 2.05) is 51.7 Å². The number of nitrogens with zero attached hydrogens (tertiary/aromatic N) is 6. The first-order valence-corrected chi connectivity index (χ1v) is 9.12. The molecule has 1 saturated heterocycles. The van der Waals surface area contributed by atoms with Crippen LogP contribution in [0.2, 0.25) is 0 Å². The number of fused-ring (bicyclic) bond motifs is 1. The van der Waals surface area contributed by atoms with Crippen molar-refractivity contribution in [1.82, 2.24) is 29.5 Å². The maximum absolute atomic E-state index is 5.93. The molecule has 0 spiro atoms. The number of hydrogen-bond acceptors (Lipinski definition) is 4. The van der Waals surface area contributed by atoms with Crippen molar-refractivity contribution in [3.63, 3.8) is 0 Å². The van der Waals surface area contributed by atoms with E-state index in [1.165, 1.54) is 0 Å². The van der Waals surface area contributed by atoms with Gasteiger partial charge in [-0.25, -0.2) is 4.98 Å². The number of hydrogen-bond donors (Lipinski definition) is 1. The van der Waals surface area contributed by atoms with Crippen LogP contribution in [0.3, 0.4) is 0 Å². The zero-order chi connectivity index (χ0) is 18.8. The molecule has 1 aromatic carbocycles. The number of rotatable bonds is 3. The van der Waals surface area contributed by atoms with E-state index in [0.717, 1.165) is 41.5 Å². The fourth-order valence-corrected chi connectivity index (χ4v) is 3.49. The molecule has 4 rings (SSSR count). The van der Waals surface area contributed by atoms with Gasteiger partial charge in [0.25, 0.3) is 0 Å². The van der Waals surface area contributed by atoms with Crippen molar-refractivity contribution < 1.29 is 4.74 Å². The van der Waals surface area contributed by atoms with Gasteiger partial charge < -0.3 is 19.5 Å². The van der Waals surface area contributed by atoms with Gasteiger partial charge in [0, 0.05) is 39.4 Å². The predicted molar refractivity (Wildman–Crippen MR) is 120 cm³/mol. The van der Waals surface area contributed by atoms with E-state index in [1.54, 1.807) is 4.68 Å². The smallest absolute Gasteiger partial charge is 0.194 e. The summed E-state index contributed by atoms with van der Waals surface area (Å²) in [7, 11) is 5.77. The first kappa shape index (κ1) is 20.6. The van der Waals surface area contributed by atoms with Crippen molar-refractivity contribution in [3.8, 4) is 0 Å². The highest BCUT2D eigenvalue weighted by Crippen LogP contribution is 2.21. The maximum atomic E-state index is 5.93. The standard InChI is InChI=1S/C19H25N7O.HI/c1-20-19(21-11-18-23-15-6-4-5-7-16(15)25(18)3)26-8-9-27-17(13-26)14-10-22-24(2)12-14;/h4-7,10,12,17H,8-9,11,13H2,1-3H3,(H,20,21);1H. The van der Waals surface area contributed by atoms with Crippen LogP contribution in [0.5, 0.6) is 0 Å². The van der Waals surface area contributed by atoms with Crippen LogP contribution in [-0.4, -0.2) is 56.9 Å². The Balaban J connectivity index is 0.00000225. The normalized spacial score (nSPS) is 17.6. The summed E-state index contributed by atoms with van der Waals surface area (Å²) in [6.45, 7) is 2.83. The van der Waals surface area contributed by atoms with E-state index in [9.17, 15) is 0 Å². The lowest BCUT2D eigenvalue weighted by atomic mass is 10.1. The summed E-state index contributed by atoms with van der Waals surface area (Å²) < 4.78 is 9.85. The number of nitrogens with one attached hydrogen (secondary N) is 1. The number of ether oxygens (including phenoxy) is 1. The molecule has 8 nitrogen and oxygen atoms in total. The van der Waals surface area contributed by atoms with Crippen molar-refractivity contribution >= 4 is 41.0 Å². The Hall–Kier alpha value is -2.14. The number of benzene rings is 1. The highest BCUT2D eigenvalue weighted by Gasteiger charge is 2.25. The van der Waals surface area contributed by atoms with Crippen molar-refractivity contribution in [3.05, 3.63) is 48.0 Å². The summed E-state index contributed by atoms with van der Waals surface area (Å²) in [4.78, 5) is 11.4. The molecule has 9 heteroatoms. The van der Waals surface area contributed by atoms with Crippen molar-refractivity contribution in [2.24, 2.45) is 19.1 Å². The van der Waals surface area contributed by atoms with Gasteiger partial charge >= 0.3 is 0 Å². The van der Waals surface area contributed by atoms with Crippen LogP contribution in [0.25, 0.3) is 11.0 Å². The summed E-state index contributed by atoms with van der Waals surface area (Å²) in [6.07, 6.45) is 3.87. The van der Waals surface area contributed by atoms with Crippen LogP contribution < -0.4 is 5.32 Å². The summed E-state index contributed by atoms with van der Waals surface area (Å²) in [5.41, 5.74) is 3.23. The van der Waals surface area contributed by atoms with E-state index in [4.69, 9.17) is 9.72 Å². The molecule has 1 fully saturated rings. The fraction of sp³-hybridized carbons (Fsp3) is 0.421. The van der Waals surface area contributed by atoms with E-state index < -0.39 is 0 Å². The molecule has 1 aliphatic heterocycles. The van der Waals surface area contributed by atoms with Crippen molar-refractivity contribution in [1.29, 1.82) is 0 Å². The largest absolute Gasteiger partial charge is 0.370 e. The highest BCUT2D eigenvalue weighted by atomic mass is 127. The van der Waals surface area contributed by atoms with Gasteiger partial charge in [-0.15, -0.1) is 24.0 Å². The molecule has 1 aliphatic rings. The molecule has 28 heavy (non-hydrogen) atoms. The molecule has 3 aromatic rings. The molecule has 0 radical (unpaired) electrons. The Bertz CT molecular complexity index is 964. The molecule has 0 aliphatic carbocycles. The Morgan fingerprint density at radius 1 is 1.32 bits per heavy atom. The zero-order valence-electron chi connectivity index (χ0n) is 16.4. The third-order valence-corrected chi connectivity index (χ3v) is 4.96. The highest BCUT2D eigenvalue weighted by molar-refractivity contribution is 14.0. The number of guanidine groups is 1. The number of para-hydroxylation sites is 2. The minimum atomic E-state index is 0. The van der Waals surface area contributed by atoms with Gasteiger partial charge in [0.05, 0.1) is 36.9 Å². The minimum Gasteiger partial charge on any atom is -0.370 e. The second kappa shape index (κ2) is 8.91. The third kappa shape index (κ3) is 4.14. The van der Waals surface area contributed by atoms with Gasteiger partial charge in [0.15, 0.2) is 5.96 Å². The molecule has 1 N–H and O–H groups in total. The first-order valence-electron chi connectivity index (χ1n) is 9.12. The van der Waals surface area contributed by atoms with Crippen LogP contribution in [0.1, 0.15) is 17.5 Å². The van der Waals surface area contributed by atoms with Gasteiger partial charge in [-0.2, -0.15) is 5.10 Å². The second-order valence-corrected chi connectivity index (χ2v) is 6.73. The lowest BCUT2D eigenvalue weighted by molar-refractivity contribution is -0.00806. The van der Waals surface area contributed by atoms with Crippen LogP contribution in [0.4, 0.5) is 0 Å². The fourth-order valence-electron chi connectivity index (χ4n) is 3.49. The Kier molecular flexibility index (Phi) is 6.55. The number of halogens is 1. The number of aliphatic imine (C=N–C) groups is 1. The molecule has 3 heterocycles. The molecule has 150 valence electrons. The number of imidazole rings is 1. The van der Waals surface area contributed by atoms with Crippen molar-refractivity contribution in [2.45, 2.75) is 12.6 Å². The van der Waals surface area contributed by atoms with Crippen LogP contribution in [-0.2, 0) is 25.4 Å². The third-order valence-electron chi connectivity index (χ3n) is 4.96. The lowest BCUT2D eigenvalue weighted by Gasteiger charge is -2.34. The number of aryl methyl sites for hydroxylation is 2. The first-order chi connectivity index (χ1) is 13.2. The molecular formula is C19H26IN7O. The van der Waals surface area contributed by atoms with Crippen LogP contribution in [0, 0.1) is 0 Å². The monoisotopic (exact) mass is 495 g/mol. The summed E-state index contributed by atoms with van der Waals surface area (Å²) in [6, 6.07) is 8.17. The topological polar surface area (TPSA) is 72.5 Å². The SMILES string of the molecule is CN=C(NCc1nc2ccccc2n1C)N1CCOC(c2cnn(C)c2)C1.I. The minimum absolute atomic E-state index is 0. The van der Waals surface area contributed by atoms with E-state index in [-0.39, 0.29) is 30.1 Å². The summed E-state index contributed by atoms with van der Waals surface area (Å²) in [5, 5.41) is 7.70. The van der Waals surface area contributed by atoms with E-state index >= 15 is 0 Å². The van der Waals surface area contributed by atoms with E-state index in [2.05, 4.69) is 30.9 Å². The molecule has 0 bridgehead atoms. The van der Waals surface area contributed by atoms with Crippen molar-refractivity contribution in [2.75, 3.05) is 26.7 Å². The van der Waals surface area contributed by atoms with Gasteiger partial charge in [0.1, 0.15) is 11.9 Å². The Morgan fingerprint density at radius 2 is 2.14 bits per heavy atom. The Labute approximate surface area is 181 Å². The van der Waals surface area contributed by atoms with Gasteiger partial charge in [-0.1, -0.05) is 12.1 Å². The van der Waals surface area contributed by atoms with Crippen LogP contribution in [0.15, 0.2) is 41.7 Å². The maximum Gasteiger partial charge on any atom is 0.194 e. The molecular weight excluding hydrogens is 469 g/mol. The predicted octanol–water partition coefficient (Wildman–Crippen LogP) is 2.07.